The highest BCUT2D eigenvalue weighted by molar-refractivity contribution is 7.98. The molecule has 0 saturated heterocycles. The highest BCUT2D eigenvalue weighted by atomic mass is 32.2. The quantitative estimate of drug-likeness (QED) is 0.601. The second-order valence-corrected chi connectivity index (χ2v) is 6.92. The standard InChI is InChI=1S/C19H21N5OS/c1-23(13-16-8-10-17(26-2)11-9-16)19(25)18(24-14-20-21-22-24)12-15-6-4-3-5-7-15/h3-11,14,18H,12-13H2,1-2H3. The van der Waals surface area contributed by atoms with Gasteiger partial charge in [-0.15, -0.1) is 16.9 Å². The zero-order chi connectivity index (χ0) is 18.4. The first-order valence-electron chi connectivity index (χ1n) is 8.31. The van der Waals surface area contributed by atoms with E-state index in [2.05, 4.69) is 39.8 Å². The predicted molar refractivity (Wildman–Crippen MR) is 102 cm³/mol. The first-order valence-corrected chi connectivity index (χ1v) is 9.54. The third-order valence-corrected chi connectivity index (χ3v) is 4.94. The number of nitrogens with zero attached hydrogens (tertiary/aromatic N) is 5. The molecule has 3 aromatic rings. The van der Waals surface area contributed by atoms with E-state index in [4.69, 9.17) is 0 Å². The molecule has 0 aliphatic heterocycles. The Morgan fingerprint density at radius 2 is 1.85 bits per heavy atom. The van der Waals surface area contributed by atoms with Crippen LogP contribution in [0.5, 0.6) is 0 Å². The first kappa shape index (κ1) is 18.1. The van der Waals surface area contributed by atoms with Crippen LogP contribution in [0, 0.1) is 0 Å². The van der Waals surface area contributed by atoms with Crippen LogP contribution in [0.1, 0.15) is 17.2 Å². The minimum absolute atomic E-state index is 0.0184. The molecule has 26 heavy (non-hydrogen) atoms. The van der Waals surface area contributed by atoms with Crippen molar-refractivity contribution in [2.75, 3.05) is 13.3 Å². The van der Waals surface area contributed by atoms with Gasteiger partial charge in [0.25, 0.3) is 0 Å². The van der Waals surface area contributed by atoms with Crippen molar-refractivity contribution in [1.82, 2.24) is 25.1 Å². The predicted octanol–water partition coefficient (Wildman–Crippen LogP) is 2.84. The van der Waals surface area contributed by atoms with Gasteiger partial charge in [0, 0.05) is 24.9 Å². The average Bonchev–Trinajstić information content (AvgIpc) is 3.21. The Bertz CT molecular complexity index is 821. The Morgan fingerprint density at radius 3 is 2.46 bits per heavy atom. The molecule has 6 nitrogen and oxygen atoms in total. The Hall–Kier alpha value is -2.67. The van der Waals surface area contributed by atoms with Crippen LogP contribution in [0.4, 0.5) is 0 Å². The summed E-state index contributed by atoms with van der Waals surface area (Å²) >= 11 is 1.70. The fourth-order valence-corrected chi connectivity index (χ4v) is 3.19. The summed E-state index contributed by atoms with van der Waals surface area (Å²) in [6.45, 7) is 0.543. The maximum atomic E-state index is 13.1. The van der Waals surface area contributed by atoms with Crippen molar-refractivity contribution in [3.05, 3.63) is 72.1 Å². The van der Waals surface area contributed by atoms with E-state index in [0.717, 1.165) is 11.1 Å². The van der Waals surface area contributed by atoms with Crippen LogP contribution in [-0.2, 0) is 17.8 Å². The third kappa shape index (κ3) is 4.49. The van der Waals surface area contributed by atoms with Crippen LogP contribution in [0.3, 0.4) is 0 Å². The molecule has 0 radical (unpaired) electrons. The van der Waals surface area contributed by atoms with Crippen LogP contribution >= 0.6 is 11.8 Å². The Morgan fingerprint density at radius 1 is 1.12 bits per heavy atom. The number of hydrogen-bond donors (Lipinski definition) is 0. The molecule has 0 bridgehead atoms. The summed E-state index contributed by atoms with van der Waals surface area (Å²) in [6.07, 6.45) is 4.08. The number of tetrazole rings is 1. The molecule has 1 atom stereocenters. The van der Waals surface area contributed by atoms with E-state index in [1.54, 1.807) is 16.7 Å². The first-order chi connectivity index (χ1) is 12.7. The van der Waals surface area contributed by atoms with E-state index in [1.165, 1.54) is 15.9 Å². The maximum absolute atomic E-state index is 13.1. The molecule has 1 amide bonds. The molecule has 0 N–H and O–H groups in total. The van der Waals surface area contributed by atoms with Gasteiger partial charge in [-0.2, -0.15) is 0 Å². The van der Waals surface area contributed by atoms with Crippen LogP contribution in [0.2, 0.25) is 0 Å². The molecule has 7 heteroatoms. The number of benzene rings is 2. The molecule has 1 aromatic heterocycles. The summed E-state index contributed by atoms with van der Waals surface area (Å²) in [5, 5.41) is 11.3. The molecule has 134 valence electrons. The van der Waals surface area contributed by atoms with E-state index >= 15 is 0 Å². The molecular weight excluding hydrogens is 346 g/mol. The second kappa shape index (κ2) is 8.62. The van der Waals surface area contributed by atoms with Crippen LogP contribution in [0.25, 0.3) is 0 Å². The van der Waals surface area contributed by atoms with Gasteiger partial charge in [0.2, 0.25) is 5.91 Å². The van der Waals surface area contributed by atoms with E-state index in [1.807, 2.05) is 43.6 Å². The number of hydrogen-bond acceptors (Lipinski definition) is 5. The number of likely N-dealkylation sites (N-methyl/N-ethyl adjacent to an activating group) is 1. The second-order valence-electron chi connectivity index (χ2n) is 6.04. The van der Waals surface area contributed by atoms with Gasteiger partial charge in [-0.05, 0) is 39.9 Å². The summed E-state index contributed by atoms with van der Waals surface area (Å²) in [4.78, 5) is 16.0. The lowest BCUT2D eigenvalue weighted by atomic mass is 10.0. The van der Waals surface area contributed by atoms with Gasteiger partial charge < -0.3 is 4.90 Å². The summed E-state index contributed by atoms with van der Waals surface area (Å²) in [5.41, 5.74) is 2.16. The number of rotatable bonds is 7. The molecule has 2 aromatic carbocycles. The molecule has 1 unspecified atom stereocenters. The Kier molecular flexibility index (Phi) is 6.01. The van der Waals surface area contributed by atoms with Crippen molar-refractivity contribution in [3.8, 4) is 0 Å². The molecule has 1 heterocycles. The van der Waals surface area contributed by atoms with Crippen molar-refractivity contribution in [2.45, 2.75) is 23.9 Å². The van der Waals surface area contributed by atoms with Gasteiger partial charge in [-0.1, -0.05) is 42.5 Å². The number of aromatic nitrogens is 4. The maximum Gasteiger partial charge on any atom is 0.247 e. The van der Waals surface area contributed by atoms with Crippen molar-refractivity contribution in [3.63, 3.8) is 0 Å². The summed E-state index contributed by atoms with van der Waals surface area (Å²) in [7, 11) is 1.81. The SMILES string of the molecule is CSc1ccc(CN(C)C(=O)C(Cc2ccccc2)n2cnnn2)cc1. The van der Waals surface area contributed by atoms with E-state index in [-0.39, 0.29) is 5.91 Å². The topological polar surface area (TPSA) is 63.9 Å². The largest absolute Gasteiger partial charge is 0.340 e. The van der Waals surface area contributed by atoms with Crippen LogP contribution in [0.15, 0.2) is 65.8 Å². The third-order valence-electron chi connectivity index (χ3n) is 4.20. The van der Waals surface area contributed by atoms with Gasteiger partial charge in [0.15, 0.2) is 0 Å². The van der Waals surface area contributed by atoms with Gasteiger partial charge in [0.1, 0.15) is 12.4 Å². The molecule has 0 fully saturated rings. The zero-order valence-corrected chi connectivity index (χ0v) is 15.6. The molecule has 0 spiro atoms. The van der Waals surface area contributed by atoms with Crippen LogP contribution < -0.4 is 0 Å². The fourth-order valence-electron chi connectivity index (χ4n) is 2.78. The van der Waals surface area contributed by atoms with Crippen molar-refractivity contribution in [2.24, 2.45) is 0 Å². The number of carbonyl (C=O) groups is 1. The van der Waals surface area contributed by atoms with Crippen molar-refractivity contribution in [1.29, 1.82) is 0 Å². The average molecular weight is 367 g/mol. The van der Waals surface area contributed by atoms with Gasteiger partial charge in [0.05, 0.1) is 0 Å². The lowest BCUT2D eigenvalue weighted by Gasteiger charge is -2.23. The number of thioether (sulfide) groups is 1. The zero-order valence-electron chi connectivity index (χ0n) is 14.8. The highest BCUT2D eigenvalue weighted by Crippen LogP contribution is 2.19. The smallest absolute Gasteiger partial charge is 0.247 e. The monoisotopic (exact) mass is 367 g/mol. The van der Waals surface area contributed by atoms with E-state index in [0.29, 0.717) is 13.0 Å². The molecular formula is C19H21N5OS. The highest BCUT2D eigenvalue weighted by Gasteiger charge is 2.25. The minimum Gasteiger partial charge on any atom is -0.340 e. The summed E-state index contributed by atoms with van der Waals surface area (Å²) < 4.78 is 1.53. The molecule has 0 aliphatic rings. The van der Waals surface area contributed by atoms with Gasteiger partial charge >= 0.3 is 0 Å². The lowest BCUT2D eigenvalue weighted by Crippen LogP contribution is -2.35. The van der Waals surface area contributed by atoms with E-state index in [9.17, 15) is 4.79 Å². The van der Waals surface area contributed by atoms with Crippen LogP contribution in [-0.4, -0.2) is 44.3 Å². The summed E-state index contributed by atoms with van der Waals surface area (Å²) in [6, 6.07) is 17.7. The Balaban J connectivity index is 1.75. The van der Waals surface area contributed by atoms with E-state index < -0.39 is 6.04 Å². The molecule has 3 rings (SSSR count). The number of amides is 1. The lowest BCUT2D eigenvalue weighted by molar-refractivity contribution is -0.134. The molecule has 0 aliphatic carbocycles. The van der Waals surface area contributed by atoms with Crippen molar-refractivity contribution < 1.29 is 4.79 Å². The Labute approximate surface area is 157 Å². The summed E-state index contributed by atoms with van der Waals surface area (Å²) in [5.74, 6) is -0.0184. The fraction of sp³-hybridized carbons (Fsp3) is 0.263. The van der Waals surface area contributed by atoms with Gasteiger partial charge in [-0.3, -0.25) is 4.79 Å². The molecule has 0 saturated carbocycles. The van der Waals surface area contributed by atoms with Gasteiger partial charge in [-0.25, -0.2) is 4.68 Å². The van der Waals surface area contributed by atoms with Crippen molar-refractivity contribution >= 4 is 17.7 Å². The normalized spacial score (nSPS) is 11.9. The minimum atomic E-state index is -0.470. The number of carbonyl (C=O) groups excluding carboxylic acids is 1.